The molecule has 9 heteroatoms. The number of ether oxygens (including phenoxy) is 1. The van der Waals surface area contributed by atoms with Gasteiger partial charge in [0.1, 0.15) is 0 Å². The van der Waals surface area contributed by atoms with Gasteiger partial charge in [-0.15, -0.1) is 11.3 Å². The molecule has 0 unspecified atom stereocenters. The van der Waals surface area contributed by atoms with Crippen LogP contribution in [0.1, 0.15) is 17.6 Å². The Hall–Kier alpha value is -2.00. The highest BCUT2D eigenvalue weighted by Gasteiger charge is 2.06. The van der Waals surface area contributed by atoms with Crippen molar-refractivity contribution in [1.82, 2.24) is 19.9 Å². The van der Waals surface area contributed by atoms with Crippen LogP contribution in [0.2, 0.25) is 0 Å². The summed E-state index contributed by atoms with van der Waals surface area (Å²) in [5.41, 5.74) is 3.43. The van der Waals surface area contributed by atoms with Gasteiger partial charge in [0.15, 0.2) is 0 Å². The molecule has 2 heterocycles. The van der Waals surface area contributed by atoms with Gasteiger partial charge >= 0.3 is 6.01 Å². The first-order chi connectivity index (χ1) is 9.71. The Morgan fingerprint density at radius 3 is 2.70 bits per heavy atom. The molecule has 8 nitrogen and oxygen atoms in total. The lowest BCUT2D eigenvalue weighted by molar-refractivity contribution is 0.312. The predicted molar refractivity (Wildman–Crippen MR) is 77.9 cm³/mol. The molecule has 0 saturated heterocycles. The maximum atomic E-state index is 5.31. The number of aromatic nitrogens is 4. The highest BCUT2D eigenvalue weighted by Crippen LogP contribution is 2.12. The van der Waals surface area contributed by atoms with Crippen molar-refractivity contribution in [2.75, 3.05) is 23.9 Å². The Bertz CT molecular complexity index is 559. The third kappa shape index (κ3) is 4.00. The van der Waals surface area contributed by atoms with E-state index in [-0.39, 0.29) is 12.0 Å². The number of nitrogens with one attached hydrogen (secondary N) is 2. The molecule has 0 atom stereocenters. The molecule has 4 N–H and O–H groups in total. The van der Waals surface area contributed by atoms with E-state index in [1.54, 1.807) is 11.3 Å². The van der Waals surface area contributed by atoms with Crippen LogP contribution in [0.4, 0.5) is 11.9 Å². The van der Waals surface area contributed by atoms with E-state index in [1.165, 1.54) is 0 Å². The number of aryl methyl sites for hydroxylation is 1. The van der Waals surface area contributed by atoms with Gasteiger partial charge in [-0.25, -0.2) is 10.8 Å². The lowest BCUT2D eigenvalue weighted by Crippen LogP contribution is -2.15. The molecular formula is C11H17N7OS. The molecule has 0 aliphatic heterocycles. The Morgan fingerprint density at radius 1 is 1.25 bits per heavy atom. The van der Waals surface area contributed by atoms with E-state index in [0.717, 1.165) is 17.1 Å². The molecule has 0 radical (unpaired) electrons. The summed E-state index contributed by atoms with van der Waals surface area (Å²) in [7, 11) is 0. The van der Waals surface area contributed by atoms with Gasteiger partial charge in [-0.2, -0.15) is 15.0 Å². The summed E-state index contributed by atoms with van der Waals surface area (Å²) in [6.07, 6.45) is 0.805. The topological polar surface area (TPSA) is 111 Å². The van der Waals surface area contributed by atoms with Gasteiger partial charge in [0.25, 0.3) is 0 Å². The maximum absolute atomic E-state index is 5.31. The minimum absolute atomic E-state index is 0.239. The van der Waals surface area contributed by atoms with Gasteiger partial charge in [0, 0.05) is 24.0 Å². The molecule has 0 spiro atoms. The van der Waals surface area contributed by atoms with Crippen molar-refractivity contribution in [1.29, 1.82) is 0 Å². The maximum Gasteiger partial charge on any atom is 0.323 e. The Kier molecular flexibility index (Phi) is 5.02. The number of thiazole rings is 1. The normalized spacial score (nSPS) is 10.3. The molecule has 2 aromatic heterocycles. The number of nitrogen functional groups attached to an aromatic ring is 1. The first-order valence-electron chi connectivity index (χ1n) is 6.21. The third-order valence-corrected chi connectivity index (χ3v) is 3.33. The van der Waals surface area contributed by atoms with Crippen LogP contribution in [0, 0.1) is 6.92 Å². The summed E-state index contributed by atoms with van der Waals surface area (Å²) >= 11 is 1.64. The zero-order valence-corrected chi connectivity index (χ0v) is 12.2. The fourth-order valence-electron chi connectivity index (χ4n) is 1.49. The smallest absolute Gasteiger partial charge is 0.323 e. The first kappa shape index (κ1) is 14.4. The van der Waals surface area contributed by atoms with Crippen LogP contribution in [0.3, 0.4) is 0 Å². The fraction of sp³-hybridized carbons (Fsp3) is 0.455. The van der Waals surface area contributed by atoms with Gasteiger partial charge in [-0.3, -0.25) is 5.43 Å². The van der Waals surface area contributed by atoms with Crippen LogP contribution < -0.4 is 21.3 Å². The van der Waals surface area contributed by atoms with Gasteiger partial charge in [-0.1, -0.05) is 0 Å². The molecule has 0 saturated carbocycles. The summed E-state index contributed by atoms with van der Waals surface area (Å²) in [5, 5.41) is 6.21. The van der Waals surface area contributed by atoms with E-state index in [4.69, 9.17) is 10.6 Å². The lowest BCUT2D eigenvalue weighted by atomic mass is 10.4. The quantitative estimate of drug-likeness (QED) is 0.512. The van der Waals surface area contributed by atoms with Crippen molar-refractivity contribution >= 4 is 23.2 Å². The molecular weight excluding hydrogens is 278 g/mol. The molecule has 20 heavy (non-hydrogen) atoms. The number of anilines is 2. The zero-order valence-electron chi connectivity index (χ0n) is 11.4. The number of hydrogen-bond acceptors (Lipinski definition) is 9. The van der Waals surface area contributed by atoms with Gasteiger partial charge in [-0.05, 0) is 13.8 Å². The van der Waals surface area contributed by atoms with E-state index in [1.807, 2.05) is 19.2 Å². The second-order valence-electron chi connectivity index (χ2n) is 3.90. The highest BCUT2D eigenvalue weighted by molar-refractivity contribution is 7.09. The average Bonchev–Trinajstić information content (AvgIpc) is 2.84. The number of rotatable bonds is 7. The number of hydrazine groups is 1. The number of nitrogens with zero attached hydrogens (tertiary/aromatic N) is 4. The Morgan fingerprint density at radius 2 is 2.05 bits per heavy atom. The third-order valence-electron chi connectivity index (χ3n) is 2.31. The molecule has 0 aromatic carbocycles. The molecule has 2 rings (SSSR count). The van der Waals surface area contributed by atoms with E-state index in [9.17, 15) is 0 Å². The predicted octanol–water partition coefficient (Wildman–Crippen LogP) is 0.975. The van der Waals surface area contributed by atoms with Crippen LogP contribution in [0.25, 0.3) is 0 Å². The van der Waals surface area contributed by atoms with E-state index >= 15 is 0 Å². The summed E-state index contributed by atoms with van der Waals surface area (Å²) in [4.78, 5) is 16.6. The van der Waals surface area contributed by atoms with Crippen molar-refractivity contribution in [3.05, 3.63) is 16.1 Å². The van der Waals surface area contributed by atoms with Crippen molar-refractivity contribution in [2.24, 2.45) is 5.84 Å². The zero-order chi connectivity index (χ0) is 14.4. The van der Waals surface area contributed by atoms with Crippen LogP contribution in [0.15, 0.2) is 5.38 Å². The second-order valence-corrected chi connectivity index (χ2v) is 4.84. The van der Waals surface area contributed by atoms with Crippen LogP contribution in [-0.4, -0.2) is 33.1 Å². The molecule has 0 aliphatic rings. The van der Waals surface area contributed by atoms with Crippen molar-refractivity contribution in [2.45, 2.75) is 20.3 Å². The first-order valence-corrected chi connectivity index (χ1v) is 7.09. The fourth-order valence-corrected chi connectivity index (χ4v) is 2.27. The summed E-state index contributed by atoms with van der Waals surface area (Å²) in [6, 6.07) is 0.239. The number of hydrogen-bond donors (Lipinski definition) is 3. The minimum atomic E-state index is 0.239. The monoisotopic (exact) mass is 295 g/mol. The largest absolute Gasteiger partial charge is 0.464 e. The lowest BCUT2D eigenvalue weighted by Gasteiger charge is -2.07. The standard InChI is InChI=1S/C11H17N7OS/c1-3-19-11-16-9(15-10(17-11)18-12)13-5-4-8-14-7(2)6-20-8/h6H,3-5,12H2,1-2H3,(H2,13,15,16,17,18). The van der Waals surface area contributed by atoms with Crippen molar-refractivity contribution < 1.29 is 4.74 Å². The summed E-state index contributed by atoms with van der Waals surface area (Å²) in [5.74, 6) is 5.99. The van der Waals surface area contributed by atoms with E-state index in [0.29, 0.717) is 19.1 Å². The summed E-state index contributed by atoms with van der Waals surface area (Å²) in [6.45, 7) is 4.99. The number of nitrogens with two attached hydrogens (primary N) is 1. The van der Waals surface area contributed by atoms with Crippen LogP contribution >= 0.6 is 11.3 Å². The SMILES string of the molecule is CCOc1nc(NN)nc(NCCc2nc(C)cs2)n1. The van der Waals surface area contributed by atoms with Crippen molar-refractivity contribution in [3.63, 3.8) is 0 Å². The van der Waals surface area contributed by atoms with E-state index < -0.39 is 0 Å². The molecule has 0 amide bonds. The van der Waals surface area contributed by atoms with Gasteiger partial charge < -0.3 is 10.1 Å². The highest BCUT2D eigenvalue weighted by atomic mass is 32.1. The van der Waals surface area contributed by atoms with Gasteiger partial charge in [0.05, 0.1) is 11.6 Å². The minimum Gasteiger partial charge on any atom is -0.464 e. The van der Waals surface area contributed by atoms with Gasteiger partial charge in [0.2, 0.25) is 11.9 Å². The Labute approximate surface area is 120 Å². The van der Waals surface area contributed by atoms with Crippen LogP contribution in [0.5, 0.6) is 6.01 Å². The average molecular weight is 295 g/mol. The second kappa shape index (κ2) is 6.96. The molecule has 2 aromatic rings. The van der Waals surface area contributed by atoms with Crippen LogP contribution in [-0.2, 0) is 6.42 Å². The van der Waals surface area contributed by atoms with E-state index in [2.05, 4.69) is 30.7 Å². The molecule has 0 bridgehead atoms. The van der Waals surface area contributed by atoms with Crippen molar-refractivity contribution in [3.8, 4) is 6.01 Å². The summed E-state index contributed by atoms with van der Waals surface area (Å²) < 4.78 is 5.25. The molecule has 0 fully saturated rings. The Balaban J connectivity index is 1.95. The molecule has 108 valence electrons. The molecule has 0 aliphatic carbocycles.